The molecule has 1 heterocycles. The normalized spacial score (nSPS) is 23.1. The van der Waals surface area contributed by atoms with Crippen LogP contribution in [0.15, 0.2) is 47.4 Å². The van der Waals surface area contributed by atoms with Gasteiger partial charge in [-0.2, -0.15) is 21.6 Å². The standard InChI is InChI=1S/C20H22F3NO6S2/c1-4-19(2)12-31(25,26)17-11-16(30-32(27,28)20(21,22)23)15(29-3)10-14(17)18(24-19)13-8-6-5-7-9-13/h5-11,18,24H,4,12H2,1-3H3/t18-,19+/m1/s1. The van der Waals surface area contributed by atoms with Gasteiger partial charge in [0.05, 0.1) is 23.8 Å². The van der Waals surface area contributed by atoms with E-state index in [9.17, 15) is 30.0 Å². The zero-order valence-electron chi connectivity index (χ0n) is 17.4. The maximum absolute atomic E-state index is 13.3. The minimum Gasteiger partial charge on any atom is -0.493 e. The van der Waals surface area contributed by atoms with Gasteiger partial charge < -0.3 is 8.92 Å². The number of methoxy groups -OCH3 is 1. The Kier molecular flexibility index (Phi) is 6.26. The molecular weight excluding hydrogens is 471 g/mol. The van der Waals surface area contributed by atoms with E-state index in [0.29, 0.717) is 12.0 Å². The molecule has 0 aliphatic carbocycles. The molecular formula is C20H22F3NO6S2. The number of halogens is 3. The van der Waals surface area contributed by atoms with Gasteiger partial charge in [-0.1, -0.05) is 37.3 Å². The van der Waals surface area contributed by atoms with Crippen molar-refractivity contribution in [3.8, 4) is 11.5 Å². The molecule has 0 fully saturated rings. The molecule has 0 aromatic heterocycles. The average Bonchev–Trinajstić information content (AvgIpc) is 2.79. The third-order valence-corrected chi connectivity index (χ3v) is 8.35. The van der Waals surface area contributed by atoms with E-state index in [0.717, 1.165) is 13.2 Å². The fraction of sp³-hybridized carbons (Fsp3) is 0.400. The number of nitrogens with one attached hydrogen (secondary N) is 1. The van der Waals surface area contributed by atoms with Crippen LogP contribution in [0.5, 0.6) is 11.5 Å². The summed E-state index contributed by atoms with van der Waals surface area (Å²) >= 11 is 0. The van der Waals surface area contributed by atoms with Gasteiger partial charge in [-0.3, -0.25) is 5.32 Å². The second kappa shape index (κ2) is 8.23. The first-order valence-electron chi connectivity index (χ1n) is 9.51. The van der Waals surface area contributed by atoms with Crippen molar-refractivity contribution in [1.82, 2.24) is 5.32 Å². The molecule has 0 radical (unpaired) electrons. The van der Waals surface area contributed by atoms with Crippen molar-refractivity contribution in [1.29, 1.82) is 0 Å². The SMILES string of the molecule is CC[C@@]1(C)CS(=O)(=O)c2cc(OS(=O)(=O)C(F)(F)F)c(OC)cc2[C@@H](c2ccccc2)N1. The van der Waals surface area contributed by atoms with Gasteiger partial charge in [0.2, 0.25) is 0 Å². The van der Waals surface area contributed by atoms with Crippen molar-refractivity contribution in [2.75, 3.05) is 12.9 Å². The van der Waals surface area contributed by atoms with Gasteiger partial charge in [0.15, 0.2) is 21.3 Å². The minimum absolute atomic E-state index is 0.210. The van der Waals surface area contributed by atoms with Crippen molar-refractivity contribution in [3.63, 3.8) is 0 Å². The maximum atomic E-state index is 13.3. The third-order valence-electron chi connectivity index (χ3n) is 5.34. The Labute approximate surface area is 184 Å². The fourth-order valence-electron chi connectivity index (χ4n) is 3.52. The predicted octanol–water partition coefficient (Wildman–Crippen LogP) is 3.56. The van der Waals surface area contributed by atoms with Crippen LogP contribution >= 0.6 is 0 Å². The Hall–Kier alpha value is -2.31. The summed E-state index contributed by atoms with van der Waals surface area (Å²) in [6.07, 6.45) is 0.437. The van der Waals surface area contributed by atoms with E-state index in [2.05, 4.69) is 9.50 Å². The predicted molar refractivity (Wildman–Crippen MR) is 111 cm³/mol. The number of alkyl halides is 3. The summed E-state index contributed by atoms with van der Waals surface area (Å²) in [6.45, 7) is 3.54. The molecule has 1 aliphatic heterocycles. The molecule has 0 amide bonds. The van der Waals surface area contributed by atoms with Gasteiger partial charge in [-0.25, -0.2) is 8.42 Å². The van der Waals surface area contributed by atoms with Crippen molar-refractivity contribution in [3.05, 3.63) is 53.6 Å². The molecule has 12 heteroatoms. The molecule has 1 N–H and O–H groups in total. The van der Waals surface area contributed by atoms with E-state index in [1.165, 1.54) is 6.07 Å². The van der Waals surface area contributed by atoms with Crippen molar-refractivity contribution in [2.24, 2.45) is 0 Å². The molecule has 3 rings (SSSR count). The van der Waals surface area contributed by atoms with Gasteiger partial charge in [0.1, 0.15) is 0 Å². The van der Waals surface area contributed by atoms with Crippen LogP contribution in [0.4, 0.5) is 13.2 Å². The summed E-state index contributed by atoms with van der Waals surface area (Å²) in [5.41, 5.74) is -5.64. The molecule has 176 valence electrons. The van der Waals surface area contributed by atoms with E-state index in [-0.39, 0.29) is 22.0 Å². The highest BCUT2D eigenvalue weighted by Crippen LogP contribution is 2.43. The second-order valence-corrected chi connectivity index (χ2v) is 11.2. The van der Waals surface area contributed by atoms with Crippen LogP contribution in [0.25, 0.3) is 0 Å². The van der Waals surface area contributed by atoms with Crippen LogP contribution in [0.2, 0.25) is 0 Å². The lowest BCUT2D eigenvalue weighted by Gasteiger charge is -2.32. The van der Waals surface area contributed by atoms with Crippen molar-refractivity contribution >= 4 is 20.0 Å². The van der Waals surface area contributed by atoms with Gasteiger partial charge in [0, 0.05) is 11.6 Å². The van der Waals surface area contributed by atoms with Crippen molar-refractivity contribution < 1.29 is 38.9 Å². The third kappa shape index (κ3) is 4.57. The molecule has 2 aromatic carbocycles. The van der Waals surface area contributed by atoms with Crippen LogP contribution < -0.4 is 14.2 Å². The first-order chi connectivity index (χ1) is 14.7. The Balaban J connectivity index is 2.29. The van der Waals surface area contributed by atoms with Gasteiger partial charge in [-0.15, -0.1) is 0 Å². The number of hydrogen-bond acceptors (Lipinski definition) is 7. The molecule has 0 saturated heterocycles. The molecule has 32 heavy (non-hydrogen) atoms. The first-order valence-corrected chi connectivity index (χ1v) is 12.6. The summed E-state index contributed by atoms with van der Waals surface area (Å²) in [5.74, 6) is -1.57. The smallest absolute Gasteiger partial charge is 0.493 e. The van der Waals surface area contributed by atoms with Gasteiger partial charge in [-0.05, 0) is 30.5 Å². The van der Waals surface area contributed by atoms with Crippen LogP contribution in [0.1, 0.15) is 37.4 Å². The zero-order chi connectivity index (χ0) is 23.9. The van der Waals surface area contributed by atoms with Crippen molar-refractivity contribution in [2.45, 2.75) is 42.3 Å². The summed E-state index contributed by atoms with van der Waals surface area (Å²) in [5, 5.41) is 3.34. The molecule has 7 nitrogen and oxygen atoms in total. The topological polar surface area (TPSA) is 98.8 Å². The maximum Gasteiger partial charge on any atom is 0.534 e. The number of rotatable bonds is 5. The van der Waals surface area contributed by atoms with E-state index >= 15 is 0 Å². The number of benzene rings is 2. The lowest BCUT2D eigenvalue weighted by molar-refractivity contribution is -0.0500. The highest BCUT2D eigenvalue weighted by Gasteiger charge is 2.49. The number of sulfone groups is 1. The Morgan fingerprint density at radius 1 is 1.16 bits per heavy atom. The number of fused-ring (bicyclic) bond motifs is 1. The van der Waals surface area contributed by atoms with Crippen LogP contribution in [-0.4, -0.2) is 40.7 Å². The highest BCUT2D eigenvalue weighted by molar-refractivity contribution is 7.91. The number of hydrogen-bond donors (Lipinski definition) is 1. The molecule has 2 atom stereocenters. The van der Waals surface area contributed by atoms with Gasteiger partial charge in [0.25, 0.3) is 0 Å². The lowest BCUT2D eigenvalue weighted by Crippen LogP contribution is -2.47. The monoisotopic (exact) mass is 493 g/mol. The van der Waals surface area contributed by atoms with E-state index in [4.69, 9.17) is 4.74 Å². The quantitative estimate of drug-likeness (QED) is 0.502. The fourth-order valence-corrected chi connectivity index (χ4v) is 6.08. The van der Waals surface area contributed by atoms with Crippen LogP contribution in [0, 0.1) is 0 Å². The van der Waals surface area contributed by atoms with E-state index in [1.807, 2.05) is 6.92 Å². The summed E-state index contributed by atoms with van der Waals surface area (Å²) in [7, 11) is -8.98. The molecule has 1 aliphatic rings. The Bertz CT molecular complexity index is 1210. The van der Waals surface area contributed by atoms with Gasteiger partial charge >= 0.3 is 15.6 Å². The second-order valence-electron chi connectivity index (χ2n) is 7.69. The molecule has 0 bridgehead atoms. The number of ether oxygens (including phenoxy) is 1. The summed E-state index contributed by atoms with van der Waals surface area (Å²) in [4.78, 5) is -0.329. The van der Waals surface area contributed by atoms with Crippen LogP contribution in [-0.2, 0) is 20.0 Å². The lowest BCUT2D eigenvalue weighted by atomic mass is 9.93. The first kappa shape index (κ1) is 24.3. The average molecular weight is 494 g/mol. The summed E-state index contributed by atoms with van der Waals surface area (Å²) in [6, 6.07) is 10.2. The Morgan fingerprint density at radius 2 is 1.78 bits per heavy atom. The van der Waals surface area contributed by atoms with E-state index in [1.54, 1.807) is 37.3 Å². The molecule has 2 aromatic rings. The highest BCUT2D eigenvalue weighted by atomic mass is 32.2. The van der Waals surface area contributed by atoms with Crippen LogP contribution in [0.3, 0.4) is 0 Å². The molecule has 0 spiro atoms. The van der Waals surface area contributed by atoms with E-state index < -0.39 is 42.8 Å². The largest absolute Gasteiger partial charge is 0.534 e. The Morgan fingerprint density at radius 3 is 2.31 bits per heavy atom. The molecule has 0 saturated carbocycles. The molecule has 0 unspecified atom stereocenters. The summed E-state index contributed by atoms with van der Waals surface area (Å²) < 4.78 is 97.5. The zero-order valence-corrected chi connectivity index (χ0v) is 19.1. The minimum atomic E-state index is -6.04.